The van der Waals surface area contributed by atoms with Crippen molar-refractivity contribution in [3.05, 3.63) is 61.8 Å². The molecule has 1 unspecified atom stereocenters. The molecule has 0 radical (unpaired) electrons. The van der Waals surface area contributed by atoms with E-state index in [-0.39, 0.29) is 6.04 Å². The number of benzene rings is 1. The van der Waals surface area contributed by atoms with E-state index >= 15 is 0 Å². The van der Waals surface area contributed by atoms with Crippen LogP contribution in [0.4, 0.5) is 0 Å². The molecule has 2 aromatic rings. The fourth-order valence-electron chi connectivity index (χ4n) is 2.03. The first-order valence-electron chi connectivity index (χ1n) is 6.39. The smallest absolute Gasteiger partial charge is 0.0577 e. The van der Waals surface area contributed by atoms with Gasteiger partial charge in [-0.05, 0) is 58.7 Å². The van der Waals surface area contributed by atoms with Gasteiger partial charge in [0, 0.05) is 20.2 Å². The van der Waals surface area contributed by atoms with E-state index in [1.54, 1.807) is 0 Å². The topological polar surface area (TPSA) is 24.9 Å². The van der Waals surface area contributed by atoms with Crippen LogP contribution in [0, 0.1) is 0 Å². The third-order valence-electron chi connectivity index (χ3n) is 3.00. The molecule has 0 saturated carbocycles. The SMILES string of the molecule is CCNC(Cc1ccc(Br)cc1Cl)c1ccc(Br)cn1. The Bertz CT molecular complexity index is 573. The van der Waals surface area contributed by atoms with Crippen LogP contribution in [0.15, 0.2) is 45.5 Å². The van der Waals surface area contributed by atoms with E-state index in [1.165, 1.54) is 0 Å². The van der Waals surface area contributed by atoms with Crippen molar-refractivity contribution < 1.29 is 0 Å². The fourth-order valence-corrected chi connectivity index (χ4v) is 3.01. The van der Waals surface area contributed by atoms with Gasteiger partial charge in [-0.2, -0.15) is 0 Å². The highest BCUT2D eigenvalue weighted by molar-refractivity contribution is 9.10. The molecule has 0 spiro atoms. The second-order valence-corrected chi connectivity index (χ2v) is 6.69. The predicted molar refractivity (Wildman–Crippen MR) is 91.2 cm³/mol. The Morgan fingerprint density at radius 3 is 2.55 bits per heavy atom. The molecule has 0 bridgehead atoms. The summed E-state index contributed by atoms with van der Waals surface area (Å²) in [4.78, 5) is 4.48. The predicted octanol–water partition coefficient (Wildman–Crippen LogP) is 5.15. The van der Waals surface area contributed by atoms with Crippen LogP contribution in [0.5, 0.6) is 0 Å². The second kappa shape index (κ2) is 7.55. The normalized spacial score (nSPS) is 12.4. The summed E-state index contributed by atoms with van der Waals surface area (Å²) in [6.07, 6.45) is 2.64. The molecular weight excluding hydrogens is 403 g/mol. The lowest BCUT2D eigenvalue weighted by molar-refractivity contribution is 0.536. The molecule has 0 aliphatic carbocycles. The van der Waals surface area contributed by atoms with Crippen LogP contribution in [-0.2, 0) is 6.42 Å². The van der Waals surface area contributed by atoms with Gasteiger partial charge in [-0.15, -0.1) is 0 Å². The zero-order valence-electron chi connectivity index (χ0n) is 11.0. The quantitative estimate of drug-likeness (QED) is 0.726. The number of aromatic nitrogens is 1. The van der Waals surface area contributed by atoms with Crippen molar-refractivity contribution in [3.63, 3.8) is 0 Å². The van der Waals surface area contributed by atoms with Gasteiger partial charge in [-0.1, -0.05) is 40.5 Å². The number of pyridine rings is 1. The van der Waals surface area contributed by atoms with Gasteiger partial charge in [0.05, 0.1) is 11.7 Å². The van der Waals surface area contributed by atoms with Gasteiger partial charge in [0.15, 0.2) is 0 Å². The molecule has 0 fully saturated rings. The molecule has 2 nitrogen and oxygen atoms in total. The van der Waals surface area contributed by atoms with Crippen molar-refractivity contribution >= 4 is 43.5 Å². The van der Waals surface area contributed by atoms with Crippen LogP contribution in [-0.4, -0.2) is 11.5 Å². The van der Waals surface area contributed by atoms with Crippen molar-refractivity contribution in [1.82, 2.24) is 10.3 Å². The first kappa shape index (κ1) is 16.0. The maximum absolute atomic E-state index is 6.30. The Hall–Kier alpha value is -0.420. The van der Waals surface area contributed by atoms with E-state index in [2.05, 4.69) is 55.2 Å². The highest BCUT2D eigenvalue weighted by atomic mass is 79.9. The lowest BCUT2D eigenvalue weighted by atomic mass is 10.0. The Kier molecular flexibility index (Phi) is 6.02. The van der Waals surface area contributed by atoms with Gasteiger partial charge in [0.25, 0.3) is 0 Å². The van der Waals surface area contributed by atoms with Gasteiger partial charge >= 0.3 is 0 Å². The number of nitrogens with one attached hydrogen (secondary N) is 1. The van der Waals surface area contributed by atoms with Crippen molar-refractivity contribution in [3.8, 4) is 0 Å². The van der Waals surface area contributed by atoms with Gasteiger partial charge in [-0.25, -0.2) is 0 Å². The first-order valence-corrected chi connectivity index (χ1v) is 8.35. The lowest BCUT2D eigenvalue weighted by Gasteiger charge is -2.18. The van der Waals surface area contributed by atoms with Gasteiger partial charge in [-0.3, -0.25) is 4.98 Å². The summed E-state index contributed by atoms with van der Waals surface area (Å²) in [5, 5.41) is 4.24. The Morgan fingerprint density at radius 2 is 1.95 bits per heavy atom. The molecule has 5 heteroatoms. The van der Waals surface area contributed by atoms with Gasteiger partial charge in [0.1, 0.15) is 0 Å². The first-order chi connectivity index (χ1) is 9.60. The number of likely N-dealkylation sites (N-methyl/N-ethyl adjacent to an activating group) is 1. The number of rotatable bonds is 5. The summed E-state index contributed by atoms with van der Waals surface area (Å²) in [7, 11) is 0. The monoisotopic (exact) mass is 416 g/mol. The highest BCUT2D eigenvalue weighted by Gasteiger charge is 2.14. The number of halogens is 3. The average Bonchev–Trinajstić information content (AvgIpc) is 2.42. The largest absolute Gasteiger partial charge is 0.309 e. The molecule has 0 amide bonds. The molecule has 20 heavy (non-hydrogen) atoms. The van der Waals surface area contributed by atoms with E-state index in [4.69, 9.17) is 11.6 Å². The minimum Gasteiger partial charge on any atom is -0.309 e. The molecule has 1 aromatic carbocycles. The van der Waals surface area contributed by atoms with Gasteiger partial charge in [0.2, 0.25) is 0 Å². The minimum absolute atomic E-state index is 0.159. The zero-order valence-corrected chi connectivity index (χ0v) is 15.0. The molecule has 106 valence electrons. The summed E-state index contributed by atoms with van der Waals surface area (Å²) < 4.78 is 1.98. The molecule has 1 heterocycles. The second-order valence-electron chi connectivity index (χ2n) is 4.45. The molecule has 1 aromatic heterocycles. The van der Waals surface area contributed by atoms with E-state index in [0.29, 0.717) is 0 Å². The van der Waals surface area contributed by atoms with E-state index in [9.17, 15) is 0 Å². The molecule has 2 rings (SSSR count). The summed E-state index contributed by atoms with van der Waals surface area (Å²) >= 11 is 13.1. The lowest BCUT2D eigenvalue weighted by Crippen LogP contribution is -2.24. The Labute approximate surface area is 141 Å². The third kappa shape index (κ3) is 4.29. The number of hydrogen-bond donors (Lipinski definition) is 1. The minimum atomic E-state index is 0.159. The Balaban J connectivity index is 2.22. The van der Waals surface area contributed by atoms with E-state index < -0.39 is 0 Å². The summed E-state index contributed by atoms with van der Waals surface area (Å²) in [6.45, 7) is 2.98. The van der Waals surface area contributed by atoms with E-state index in [1.807, 2.05) is 30.5 Å². The molecular formula is C15H15Br2ClN2. The molecule has 1 N–H and O–H groups in total. The van der Waals surface area contributed by atoms with Crippen LogP contribution in [0.2, 0.25) is 5.02 Å². The molecule has 0 aliphatic rings. The molecule has 0 aliphatic heterocycles. The van der Waals surface area contributed by atoms with Crippen molar-refractivity contribution in [1.29, 1.82) is 0 Å². The average molecular weight is 419 g/mol. The molecule has 1 atom stereocenters. The third-order valence-corrected chi connectivity index (χ3v) is 4.31. The fraction of sp³-hybridized carbons (Fsp3) is 0.267. The standard InChI is InChI=1S/C15H15Br2ClN2/c1-2-19-15(14-6-5-12(17)9-20-14)7-10-3-4-11(16)8-13(10)18/h3-6,8-9,15,19H,2,7H2,1H3. The maximum Gasteiger partial charge on any atom is 0.0577 e. The van der Waals surface area contributed by atoms with Crippen LogP contribution in [0.25, 0.3) is 0 Å². The van der Waals surface area contributed by atoms with Crippen molar-refractivity contribution in [2.45, 2.75) is 19.4 Å². The van der Waals surface area contributed by atoms with Crippen LogP contribution < -0.4 is 5.32 Å². The van der Waals surface area contributed by atoms with Crippen molar-refractivity contribution in [2.24, 2.45) is 0 Å². The maximum atomic E-state index is 6.30. The summed E-state index contributed by atoms with van der Waals surface area (Å²) in [6, 6.07) is 10.2. The van der Waals surface area contributed by atoms with E-state index in [0.717, 1.165) is 38.2 Å². The summed E-state index contributed by atoms with van der Waals surface area (Å²) in [5.74, 6) is 0. The molecule has 0 saturated heterocycles. The van der Waals surface area contributed by atoms with Gasteiger partial charge < -0.3 is 5.32 Å². The number of nitrogens with zero attached hydrogens (tertiary/aromatic N) is 1. The van der Waals surface area contributed by atoms with Crippen LogP contribution in [0.3, 0.4) is 0 Å². The zero-order chi connectivity index (χ0) is 14.5. The highest BCUT2D eigenvalue weighted by Crippen LogP contribution is 2.26. The van der Waals surface area contributed by atoms with Crippen molar-refractivity contribution in [2.75, 3.05) is 6.54 Å². The number of hydrogen-bond acceptors (Lipinski definition) is 2. The Morgan fingerprint density at radius 1 is 1.20 bits per heavy atom. The van der Waals surface area contributed by atoms with Crippen LogP contribution in [0.1, 0.15) is 24.2 Å². The van der Waals surface area contributed by atoms with Crippen LogP contribution >= 0.6 is 43.5 Å². The summed E-state index contributed by atoms with van der Waals surface area (Å²) in [5.41, 5.74) is 2.14.